The van der Waals surface area contributed by atoms with E-state index in [0.29, 0.717) is 0 Å². The van der Waals surface area contributed by atoms with Crippen molar-refractivity contribution >= 4 is 5.91 Å². The maximum Gasteiger partial charge on any atom is 0.219 e. The second-order valence-electron chi connectivity index (χ2n) is 4.11. The van der Waals surface area contributed by atoms with Crippen molar-refractivity contribution in [3.63, 3.8) is 0 Å². The number of ether oxygens (including phenoxy) is 1. The Hall–Kier alpha value is -0.570. The first kappa shape index (κ1) is 9.00. The fourth-order valence-corrected chi connectivity index (χ4v) is 2.54. The largest absolute Gasteiger partial charge is 0.381 e. The lowest BCUT2D eigenvalue weighted by Crippen LogP contribution is -2.61. The van der Waals surface area contributed by atoms with Crippen LogP contribution in [0.1, 0.15) is 32.6 Å². The van der Waals surface area contributed by atoms with E-state index in [2.05, 4.69) is 0 Å². The van der Waals surface area contributed by atoms with Gasteiger partial charge in [-0.15, -0.1) is 0 Å². The summed E-state index contributed by atoms with van der Waals surface area (Å²) in [5.41, 5.74) is 0.183. The van der Waals surface area contributed by atoms with Crippen molar-refractivity contribution < 1.29 is 9.53 Å². The molecular weight excluding hydrogens is 166 g/mol. The third-order valence-electron chi connectivity index (χ3n) is 3.40. The van der Waals surface area contributed by atoms with Crippen molar-refractivity contribution in [1.29, 1.82) is 0 Å². The fourth-order valence-electron chi connectivity index (χ4n) is 2.54. The molecule has 1 unspecified atom stereocenters. The molecule has 0 aromatic heterocycles. The minimum absolute atomic E-state index is 0.183. The topological polar surface area (TPSA) is 29.5 Å². The van der Waals surface area contributed by atoms with E-state index in [-0.39, 0.29) is 11.4 Å². The molecule has 1 spiro atoms. The molecule has 3 nitrogen and oxygen atoms in total. The number of hydrogen-bond acceptors (Lipinski definition) is 2. The second-order valence-corrected chi connectivity index (χ2v) is 4.11. The first-order valence-electron chi connectivity index (χ1n) is 5.11. The van der Waals surface area contributed by atoms with Gasteiger partial charge in [0.05, 0.1) is 0 Å². The second kappa shape index (κ2) is 3.29. The molecule has 0 radical (unpaired) electrons. The molecule has 2 aliphatic rings. The number of likely N-dealkylation sites (tertiary alicyclic amines) is 1. The SMILES string of the molecule is CC(=O)N1CCC12CCCOCC2. The van der Waals surface area contributed by atoms with E-state index < -0.39 is 0 Å². The highest BCUT2D eigenvalue weighted by Crippen LogP contribution is 2.39. The lowest BCUT2D eigenvalue weighted by Gasteiger charge is -2.52. The van der Waals surface area contributed by atoms with Gasteiger partial charge in [-0.2, -0.15) is 0 Å². The van der Waals surface area contributed by atoms with Crippen LogP contribution in [0.3, 0.4) is 0 Å². The number of nitrogens with zero attached hydrogens (tertiary/aromatic N) is 1. The van der Waals surface area contributed by atoms with E-state index in [1.54, 1.807) is 6.92 Å². The summed E-state index contributed by atoms with van der Waals surface area (Å²) in [7, 11) is 0. The number of carbonyl (C=O) groups is 1. The van der Waals surface area contributed by atoms with Crippen molar-refractivity contribution in [1.82, 2.24) is 4.90 Å². The van der Waals surface area contributed by atoms with Crippen LogP contribution in [0.4, 0.5) is 0 Å². The van der Waals surface area contributed by atoms with Crippen LogP contribution < -0.4 is 0 Å². The van der Waals surface area contributed by atoms with E-state index >= 15 is 0 Å². The zero-order valence-electron chi connectivity index (χ0n) is 8.21. The molecule has 0 saturated carbocycles. The third kappa shape index (κ3) is 1.46. The normalized spacial score (nSPS) is 34.1. The molecule has 0 aromatic carbocycles. The van der Waals surface area contributed by atoms with Crippen molar-refractivity contribution in [2.24, 2.45) is 0 Å². The molecule has 0 N–H and O–H groups in total. The van der Waals surface area contributed by atoms with Crippen LogP contribution in [0.25, 0.3) is 0 Å². The lowest BCUT2D eigenvalue weighted by molar-refractivity contribution is -0.146. The Morgan fingerprint density at radius 3 is 2.77 bits per heavy atom. The van der Waals surface area contributed by atoms with Crippen LogP contribution >= 0.6 is 0 Å². The molecule has 74 valence electrons. The van der Waals surface area contributed by atoms with Crippen LogP contribution in [0.2, 0.25) is 0 Å². The zero-order chi connectivity index (χ0) is 9.31. The summed E-state index contributed by atoms with van der Waals surface area (Å²) in [6.45, 7) is 4.32. The Morgan fingerprint density at radius 2 is 2.15 bits per heavy atom. The van der Waals surface area contributed by atoms with E-state index in [1.807, 2.05) is 4.90 Å². The molecule has 2 heterocycles. The Labute approximate surface area is 79.0 Å². The molecule has 0 bridgehead atoms. The van der Waals surface area contributed by atoms with Crippen molar-refractivity contribution in [3.05, 3.63) is 0 Å². The molecule has 1 amide bonds. The Bertz CT molecular complexity index is 207. The van der Waals surface area contributed by atoms with Gasteiger partial charge in [0.1, 0.15) is 0 Å². The van der Waals surface area contributed by atoms with Gasteiger partial charge in [-0.25, -0.2) is 0 Å². The van der Waals surface area contributed by atoms with Gasteiger partial charge in [0.25, 0.3) is 0 Å². The predicted molar refractivity (Wildman–Crippen MR) is 49.4 cm³/mol. The highest BCUT2D eigenvalue weighted by atomic mass is 16.5. The van der Waals surface area contributed by atoms with Gasteiger partial charge in [0.15, 0.2) is 0 Å². The van der Waals surface area contributed by atoms with Gasteiger partial charge in [-0.3, -0.25) is 4.79 Å². The van der Waals surface area contributed by atoms with Gasteiger partial charge >= 0.3 is 0 Å². The minimum Gasteiger partial charge on any atom is -0.381 e. The molecule has 2 aliphatic heterocycles. The lowest BCUT2D eigenvalue weighted by atomic mass is 9.78. The summed E-state index contributed by atoms with van der Waals surface area (Å²) in [6.07, 6.45) is 4.44. The van der Waals surface area contributed by atoms with Crippen LogP contribution in [0.5, 0.6) is 0 Å². The first-order chi connectivity index (χ1) is 6.25. The molecule has 1 atom stereocenters. The summed E-state index contributed by atoms with van der Waals surface area (Å²) >= 11 is 0. The fraction of sp³-hybridized carbons (Fsp3) is 0.900. The van der Waals surface area contributed by atoms with Gasteiger partial charge < -0.3 is 9.64 Å². The number of carbonyl (C=O) groups excluding carboxylic acids is 1. The summed E-state index contributed by atoms with van der Waals surface area (Å²) < 4.78 is 5.42. The van der Waals surface area contributed by atoms with Crippen molar-refractivity contribution in [3.8, 4) is 0 Å². The zero-order valence-corrected chi connectivity index (χ0v) is 8.21. The van der Waals surface area contributed by atoms with E-state index in [4.69, 9.17) is 4.74 Å². The highest BCUT2D eigenvalue weighted by Gasteiger charge is 2.45. The summed E-state index contributed by atoms with van der Waals surface area (Å²) in [5.74, 6) is 0.230. The van der Waals surface area contributed by atoms with Gasteiger partial charge in [-0.1, -0.05) is 0 Å². The highest BCUT2D eigenvalue weighted by molar-refractivity contribution is 5.75. The van der Waals surface area contributed by atoms with Crippen molar-refractivity contribution in [2.45, 2.75) is 38.1 Å². The van der Waals surface area contributed by atoms with E-state index in [1.165, 1.54) is 6.42 Å². The summed E-state index contributed by atoms with van der Waals surface area (Å²) in [5, 5.41) is 0. The van der Waals surface area contributed by atoms with Gasteiger partial charge in [-0.05, 0) is 25.7 Å². The molecule has 3 heteroatoms. The Kier molecular flexibility index (Phi) is 2.28. The van der Waals surface area contributed by atoms with Crippen LogP contribution in [0.15, 0.2) is 0 Å². The van der Waals surface area contributed by atoms with Crippen molar-refractivity contribution in [2.75, 3.05) is 19.8 Å². The maximum atomic E-state index is 11.3. The predicted octanol–water partition coefficient (Wildman–Crippen LogP) is 1.18. The number of amides is 1. The average Bonchev–Trinajstić information content (AvgIpc) is 2.26. The molecule has 2 saturated heterocycles. The van der Waals surface area contributed by atoms with E-state index in [0.717, 1.165) is 39.0 Å². The molecular formula is C10H17NO2. The molecule has 2 rings (SSSR count). The summed E-state index contributed by atoms with van der Waals surface area (Å²) in [4.78, 5) is 13.3. The van der Waals surface area contributed by atoms with Crippen LogP contribution in [0, 0.1) is 0 Å². The smallest absolute Gasteiger partial charge is 0.219 e. The quantitative estimate of drug-likeness (QED) is 0.564. The van der Waals surface area contributed by atoms with Gasteiger partial charge in [0, 0.05) is 32.2 Å². The molecule has 2 fully saturated rings. The monoisotopic (exact) mass is 183 g/mol. The number of hydrogen-bond donors (Lipinski definition) is 0. The average molecular weight is 183 g/mol. The van der Waals surface area contributed by atoms with Gasteiger partial charge in [0.2, 0.25) is 5.91 Å². The minimum atomic E-state index is 0.183. The molecule has 13 heavy (non-hydrogen) atoms. The van der Waals surface area contributed by atoms with Crippen LogP contribution in [-0.4, -0.2) is 36.1 Å². The number of rotatable bonds is 0. The Morgan fingerprint density at radius 1 is 1.31 bits per heavy atom. The maximum absolute atomic E-state index is 11.3. The molecule has 0 aliphatic carbocycles. The van der Waals surface area contributed by atoms with E-state index in [9.17, 15) is 4.79 Å². The van der Waals surface area contributed by atoms with Crippen LogP contribution in [-0.2, 0) is 9.53 Å². The third-order valence-corrected chi connectivity index (χ3v) is 3.40. The summed E-state index contributed by atoms with van der Waals surface area (Å²) in [6, 6.07) is 0. The molecule has 0 aromatic rings. The Balaban J connectivity index is 2.05. The standard InChI is InChI=1S/C10H17NO2/c1-9(12)11-6-4-10(11)3-2-7-13-8-5-10/h2-8H2,1H3. The first-order valence-corrected chi connectivity index (χ1v) is 5.11.